The van der Waals surface area contributed by atoms with Gasteiger partial charge in [-0.1, -0.05) is 18.2 Å². The molecule has 1 amide bonds. The van der Waals surface area contributed by atoms with Crippen molar-refractivity contribution in [1.82, 2.24) is 0 Å². The second-order valence-electron chi connectivity index (χ2n) is 5.58. The van der Waals surface area contributed by atoms with Gasteiger partial charge in [-0.25, -0.2) is 4.79 Å². The SMILES string of the molecule is O=C(CN1CCCc2ccccc21)Nc1ccc(C(=O)O)cc1. The number of carboxylic acid groups (broad SMARTS) is 1. The first-order chi connectivity index (χ1) is 11.1. The maximum atomic E-state index is 12.2. The summed E-state index contributed by atoms with van der Waals surface area (Å²) in [6.45, 7) is 1.15. The third-order valence-corrected chi connectivity index (χ3v) is 3.96. The highest BCUT2D eigenvalue weighted by Crippen LogP contribution is 2.26. The molecule has 2 aromatic rings. The van der Waals surface area contributed by atoms with Crippen LogP contribution in [0.3, 0.4) is 0 Å². The number of amides is 1. The van der Waals surface area contributed by atoms with Gasteiger partial charge in [0.25, 0.3) is 0 Å². The summed E-state index contributed by atoms with van der Waals surface area (Å²) in [6.07, 6.45) is 2.09. The van der Waals surface area contributed by atoms with Crippen molar-refractivity contribution in [3.63, 3.8) is 0 Å². The van der Waals surface area contributed by atoms with E-state index < -0.39 is 5.97 Å². The maximum absolute atomic E-state index is 12.2. The zero-order valence-electron chi connectivity index (χ0n) is 12.7. The van der Waals surface area contributed by atoms with E-state index in [9.17, 15) is 9.59 Å². The molecule has 0 atom stereocenters. The Morgan fingerprint density at radius 2 is 1.83 bits per heavy atom. The molecule has 0 saturated carbocycles. The molecule has 2 N–H and O–H groups in total. The predicted molar refractivity (Wildman–Crippen MR) is 89.0 cm³/mol. The molecular weight excluding hydrogens is 292 g/mol. The highest BCUT2D eigenvalue weighted by molar-refractivity contribution is 5.95. The van der Waals surface area contributed by atoms with Gasteiger partial charge in [0, 0.05) is 17.9 Å². The van der Waals surface area contributed by atoms with E-state index in [0.29, 0.717) is 5.69 Å². The average molecular weight is 310 g/mol. The molecule has 0 aromatic heterocycles. The van der Waals surface area contributed by atoms with Crippen molar-refractivity contribution in [2.45, 2.75) is 12.8 Å². The van der Waals surface area contributed by atoms with Crippen LogP contribution in [0.15, 0.2) is 48.5 Å². The van der Waals surface area contributed by atoms with Crippen LogP contribution in [-0.4, -0.2) is 30.1 Å². The number of rotatable bonds is 4. The molecule has 3 rings (SSSR count). The molecule has 1 aliphatic rings. The smallest absolute Gasteiger partial charge is 0.335 e. The first-order valence-corrected chi connectivity index (χ1v) is 7.59. The van der Waals surface area contributed by atoms with Crippen LogP contribution in [0, 0.1) is 0 Å². The number of aryl methyl sites for hydroxylation is 1. The third-order valence-electron chi connectivity index (χ3n) is 3.96. The second kappa shape index (κ2) is 6.52. The van der Waals surface area contributed by atoms with Gasteiger partial charge >= 0.3 is 5.97 Å². The molecule has 0 fully saturated rings. The Kier molecular flexibility index (Phi) is 4.28. The zero-order valence-corrected chi connectivity index (χ0v) is 12.7. The lowest BCUT2D eigenvalue weighted by Crippen LogP contribution is -2.36. The Balaban J connectivity index is 1.65. The number of anilines is 2. The third kappa shape index (κ3) is 3.51. The molecule has 1 aliphatic heterocycles. The number of hydrogen-bond acceptors (Lipinski definition) is 3. The topological polar surface area (TPSA) is 69.6 Å². The van der Waals surface area contributed by atoms with Crippen LogP contribution in [0.25, 0.3) is 0 Å². The molecule has 2 aromatic carbocycles. The standard InChI is InChI=1S/C18H18N2O3/c21-17(19-15-9-7-14(8-10-15)18(22)23)12-20-11-3-5-13-4-1-2-6-16(13)20/h1-2,4,6-10H,3,5,11-12H2,(H,19,21)(H,22,23). The van der Waals surface area contributed by atoms with E-state index in [1.807, 2.05) is 18.2 Å². The number of fused-ring (bicyclic) bond motifs is 1. The molecule has 5 heteroatoms. The van der Waals surface area contributed by atoms with Crippen molar-refractivity contribution in [2.75, 3.05) is 23.3 Å². The van der Waals surface area contributed by atoms with Crippen molar-refractivity contribution < 1.29 is 14.7 Å². The van der Waals surface area contributed by atoms with Gasteiger partial charge in [-0.3, -0.25) is 4.79 Å². The molecule has 23 heavy (non-hydrogen) atoms. The molecule has 0 aliphatic carbocycles. The van der Waals surface area contributed by atoms with Gasteiger partial charge in [0.1, 0.15) is 0 Å². The van der Waals surface area contributed by atoms with Crippen molar-refractivity contribution in [3.8, 4) is 0 Å². The van der Waals surface area contributed by atoms with Gasteiger partial charge in [0.05, 0.1) is 12.1 Å². The summed E-state index contributed by atoms with van der Waals surface area (Å²) in [4.78, 5) is 25.1. The minimum Gasteiger partial charge on any atom is -0.478 e. The lowest BCUT2D eigenvalue weighted by atomic mass is 10.0. The summed E-state index contributed by atoms with van der Waals surface area (Å²) in [7, 11) is 0. The number of aromatic carboxylic acids is 1. The van der Waals surface area contributed by atoms with Crippen LogP contribution >= 0.6 is 0 Å². The molecule has 5 nitrogen and oxygen atoms in total. The van der Waals surface area contributed by atoms with Gasteiger partial charge in [-0.2, -0.15) is 0 Å². The summed E-state index contributed by atoms with van der Waals surface area (Å²) in [6, 6.07) is 14.3. The Hall–Kier alpha value is -2.82. The van der Waals surface area contributed by atoms with Gasteiger partial charge in [-0.15, -0.1) is 0 Å². The normalized spacial score (nSPS) is 13.3. The molecule has 118 valence electrons. The molecule has 0 spiro atoms. The highest BCUT2D eigenvalue weighted by atomic mass is 16.4. The first kappa shape index (κ1) is 15.1. The van der Waals surface area contributed by atoms with Crippen LogP contribution in [0.2, 0.25) is 0 Å². The van der Waals surface area contributed by atoms with Crippen molar-refractivity contribution in [1.29, 1.82) is 0 Å². The van der Waals surface area contributed by atoms with Crippen molar-refractivity contribution >= 4 is 23.3 Å². The Morgan fingerprint density at radius 3 is 2.57 bits per heavy atom. The van der Waals surface area contributed by atoms with Crippen LogP contribution in [0.4, 0.5) is 11.4 Å². The molecule has 0 bridgehead atoms. The fraction of sp³-hybridized carbons (Fsp3) is 0.222. The largest absolute Gasteiger partial charge is 0.478 e. The van der Waals surface area contributed by atoms with E-state index in [2.05, 4.69) is 16.3 Å². The summed E-state index contributed by atoms with van der Waals surface area (Å²) >= 11 is 0. The Labute approximate surface area is 134 Å². The minimum absolute atomic E-state index is 0.107. The van der Waals surface area contributed by atoms with Crippen LogP contribution in [-0.2, 0) is 11.2 Å². The van der Waals surface area contributed by atoms with E-state index in [1.165, 1.54) is 17.7 Å². The number of benzene rings is 2. The number of para-hydroxylation sites is 1. The van der Waals surface area contributed by atoms with Gasteiger partial charge in [-0.05, 0) is 48.7 Å². The lowest BCUT2D eigenvalue weighted by Gasteiger charge is -2.30. The number of carboxylic acids is 1. The van der Waals surface area contributed by atoms with Crippen LogP contribution in [0.1, 0.15) is 22.3 Å². The van der Waals surface area contributed by atoms with Crippen molar-refractivity contribution in [2.24, 2.45) is 0 Å². The Bertz CT molecular complexity index is 725. The van der Waals surface area contributed by atoms with Gasteiger partial charge in [0.15, 0.2) is 0 Å². The second-order valence-corrected chi connectivity index (χ2v) is 5.58. The number of carbonyl (C=O) groups is 2. The summed E-state index contributed by atoms with van der Waals surface area (Å²) < 4.78 is 0. The number of nitrogens with zero attached hydrogens (tertiary/aromatic N) is 1. The van der Waals surface area contributed by atoms with Gasteiger partial charge < -0.3 is 15.3 Å². The van der Waals surface area contributed by atoms with E-state index in [-0.39, 0.29) is 18.0 Å². The fourth-order valence-corrected chi connectivity index (χ4v) is 2.85. The number of hydrogen-bond donors (Lipinski definition) is 2. The molecule has 0 saturated heterocycles. The molecule has 0 unspecified atom stereocenters. The maximum Gasteiger partial charge on any atom is 0.335 e. The van der Waals surface area contributed by atoms with Crippen LogP contribution < -0.4 is 10.2 Å². The monoisotopic (exact) mass is 310 g/mol. The zero-order chi connectivity index (χ0) is 16.2. The highest BCUT2D eigenvalue weighted by Gasteiger charge is 2.18. The van der Waals surface area contributed by atoms with E-state index in [0.717, 1.165) is 25.1 Å². The predicted octanol–water partition coefficient (Wildman–Crippen LogP) is 2.78. The van der Waals surface area contributed by atoms with Gasteiger partial charge in [0.2, 0.25) is 5.91 Å². The first-order valence-electron chi connectivity index (χ1n) is 7.59. The summed E-state index contributed by atoms with van der Waals surface area (Å²) in [5, 5.41) is 11.7. The van der Waals surface area contributed by atoms with Crippen LogP contribution in [0.5, 0.6) is 0 Å². The van der Waals surface area contributed by atoms with Crippen molar-refractivity contribution in [3.05, 3.63) is 59.7 Å². The van der Waals surface area contributed by atoms with E-state index in [4.69, 9.17) is 5.11 Å². The molecule has 1 heterocycles. The summed E-state index contributed by atoms with van der Waals surface area (Å²) in [5.74, 6) is -1.09. The average Bonchev–Trinajstić information content (AvgIpc) is 2.55. The molecule has 0 radical (unpaired) electrons. The molecular formula is C18H18N2O3. The Morgan fingerprint density at radius 1 is 1.09 bits per heavy atom. The minimum atomic E-state index is -0.979. The lowest BCUT2D eigenvalue weighted by molar-refractivity contribution is -0.115. The van der Waals surface area contributed by atoms with E-state index >= 15 is 0 Å². The quantitative estimate of drug-likeness (QED) is 0.911. The number of nitrogens with one attached hydrogen (secondary N) is 1. The van der Waals surface area contributed by atoms with E-state index in [1.54, 1.807) is 12.1 Å². The summed E-state index contributed by atoms with van der Waals surface area (Å²) in [5.41, 5.74) is 3.20. The fourth-order valence-electron chi connectivity index (χ4n) is 2.85. The number of carbonyl (C=O) groups excluding carboxylic acids is 1.